The molecular formula is C15H21NO3. The van der Waals surface area contributed by atoms with Crippen molar-refractivity contribution in [1.82, 2.24) is 4.90 Å². The Morgan fingerprint density at radius 1 is 1.42 bits per heavy atom. The molecule has 1 fully saturated rings. The van der Waals surface area contributed by atoms with Gasteiger partial charge in [0.05, 0.1) is 19.6 Å². The number of aliphatic hydroxyl groups excluding tert-OH is 1. The van der Waals surface area contributed by atoms with Gasteiger partial charge in [-0.1, -0.05) is 12.1 Å². The largest absolute Gasteiger partial charge is 0.496 e. The van der Waals surface area contributed by atoms with Crippen LogP contribution in [0.1, 0.15) is 24.0 Å². The zero-order valence-electron chi connectivity index (χ0n) is 11.6. The second-order valence-electron chi connectivity index (χ2n) is 5.09. The van der Waals surface area contributed by atoms with Gasteiger partial charge in [0.1, 0.15) is 5.75 Å². The van der Waals surface area contributed by atoms with Crippen LogP contribution >= 0.6 is 0 Å². The monoisotopic (exact) mass is 263 g/mol. The SMILES string of the molecule is COc1cc(CC(=O)N2CCC(O)CC2)ccc1C. The van der Waals surface area contributed by atoms with Crippen molar-refractivity contribution in [3.05, 3.63) is 29.3 Å². The average molecular weight is 263 g/mol. The third-order valence-electron chi connectivity index (χ3n) is 3.65. The Morgan fingerprint density at radius 2 is 2.11 bits per heavy atom. The van der Waals surface area contributed by atoms with E-state index in [1.54, 1.807) is 7.11 Å². The Hall–Kier alpha value is -1.55. The second kappa shape index (κ2) is 6.06. The van der Waals surface area contributed by atoms with Crippen LogP contribution in [0.25, 0.3) is 0 Å². The number of ether oxygens (including phenoxy) is 1. The first kappa shape index (κ1) is 13.9. The van der Waals surface area contributed by atoms with E-state index in [2.05, 4.69) is 0 Å². The van der Waals surface area contributed by atoms with Crippen LogP contribution in [0.3, 0.4) is 0 Å². The van der Waals surface area contributed by atoms with Crippen molar-refractivity contribution in [3.63, 3.8) is 0 Å². The summed E-state index contributed by atoms with van der Waals surface area (Å²) in [6, 6.07) is 5.86. The van der Waals surface area contributed by atoms with Crippen LogP contribution in [0.2, 0.25) is 0 Å². The molecule has 2 rings (SSSR count). The number of hydrogen-bond acceptors (Lipinski definition) is 3. The highest BCUT2D eigenvalue weighted by Crippen LogP contribution is 2.20. The van der Waals surface area contributed by atoms with Gasteiger partial charge in [0, 0.05) is 13.1 Å². The highest BCUT2D eigenvalue weighted by molar-refractivity contribution is 5.79. The molecule has 1 aliphatic rings. The number of benzene rings is 1. The lowest BCUT2D eigenvalue weighted by Gasteiger charge is -2.29. The maximum Gasteiger partial charge on any atom is 0.226 e. The van der Waals surface area contributed by atoms with E-state index in [9.17, 15) is 9.90 Å². The fraction of sp³-hybridized carbons (Fsp3) is 0.533. The summed E-state index contributed by atoms with van der Waals surface area (Å²) in [5, 5.41) is 9.44. The smallest absolute Gasteiger partial charge is 0.226 e. The molecule has 1 saturated heterocycles. The average Bonchev–Trinajstić information content (AvgIpc) is 2.41. The highest BCUT2D eigenvalue weighted by Gasteiger charge is 2.21. The molecule has 19 heavy (non-hydrogen) atoms. The van der Waals surface area contributed by atoms with Crippen molar-refractivity contribution in [2.24, 2.45) is 0 Å². The number of amides is 1. The summed E-state index contributed by atoms with van der Waals surface area (Å²) < 4.78 is 5.27. The first-order valence-corrected chi connectivity index (χ1v) is 6.69. The Labute approximate surface area is 114 Å². The number of carbonyl (C=O) groups excluding carboxylic acids is 1. The third-order valence-corrected chi connectivity index (χ3v) is 3.65. The van der Waals surface area contributed by atoms with Crippen LogP contribution in [0.15, 0.2) is 18.2 Å². The molecule has 0 aliphatic carbocycles. The van der Waals surface area contributed by atoms with Crippen molar-refractivity contribution in [2.75, 3.05) is 20.2 Å². The summed E-state index contributed by atoms with van der Waals surface area (Å²) in [4.78, 5) is 14.0. The fourth-order valence-corrected chi connectivity index (χ4v) is 2.38. The quantitative estimate of drug-likeness (QED) is 0.899. The molecule has 0 bridgehead atoms. The number of carbonyl (C=O) groups is 1. The van der Waals surface area contributed by atoms with Crippen LogP contribution in [-0.2, 0) is 11.2 Å². The van der Waals surface area contributed by atoms with Gasteiger partial charge in [-0.3, -0.25) is 4.79 Å². The number of rotatable bonds is 3. The summed E-state index contributed by atoms with van der Waals surface area (Å²) in [5.41, 5.74) is 2.04. The van der Waals surface area contributed by atoms with Crippen LogP contribution < -0.4 is 4.74 Å². The molecule has 0 saturated carbocycles. The van der Waals surface area contributed by atoms with Crippen molar-refractivity contribution in [3.8, 4) is 5.75 Å². The van der Waals surface area contributed by atoms with E-state index in [1.807, 2.05) is 30.0 Å². The van der Waals surface area contributed by atoms with E-state index in [1.165, 1.54) is 0 Å². The molecule has 1 aromatic rings. The number of nitrogens with zero attached hydrogens (tertiary/aromatic N) is 1. The van der Waals surface area contributed by atoms with Gasteiger partial charge >= 0.3 is 0 Å². The lowest BCUT2D eigenvalue weighted by Crippen LogP contribution is -2.40. The van der Waals surface area contributed by atoms with Gasteiger partial charge in [0.25, 0.3) is 0 Å². The van der Waals surface area contributed by atoms with Gasteiger partial charge in [0.2, 0.25) is 5.91 Å². The van der Waals surface area contributed by atoms with Crippen LogP contribution in [0, 0.1) is 6.92 Å². The summed E-state index contributed by atoms with van der Waals surface area (Å²) in [6.45, 7) is 3.29. The first-order valence-electron chi connectivity index (χ1n) is 6.69. The Morgan fingerprint density at radius 3 is 2.74 bits per heavy atom. The lowest BCUT2D eigenvalue weighted by atomic mass is 10.0. The van der Waals surface area contributed by atoms with Crippen LogP contribution in [-0.4, -0.2) is 42.2 Å². The summed E-state index contributed by atoms with van der Waals surface area (Å²) in [7, 11) is 1.64. The van der Waals surface area contributed by atoms with Crippen LogP contribution in [0.4, 0.5) is 0 Å². The number of aryl methyl sites for hydroxylation is 1. The lowest BCUT2D eigenvalue weighted by molar-refractivity contribution is -0.132. The first-order chi connectivity index (χ1) is 9.10. The minimum absolute atomic E-state index is 0.123. The van der Waals surface area contributed by atoms with E-state index in [4.69, 9.17) is 4.74 Å². The maximum absolute atomic E-state index is 12.2. The van der Waals surface area contributed by atoms with Gasteiger partial charge in [-0.05, 0) is 37.0 Å². The van der Waals surface area contributed by atoms with E-state index in [0.29, 0.717) is 32.4 Å². The van der Waals surface area contributed by atoms with Gasteiger partial charge in [-0.25, -0.2) is 0 Å². The molecule has 0 spiro atoms. The molecule has 1 aromatic carbocycles. The van der Waals surface area contributed by atoms with E-state index < -0.39 is 0 Å². The minimum Gasteiger partial charge on any atom is -0.496 e. The van der Waals surface area contributed by atoms with Crippen molar-refractivity contribution in [1.29, 1.82) is 0 Å². The number of piperidine rings is 1. The normalized spacial score (nSPS) is 16.5. The van der Waals surface area contributed by atoms with Crippen molar-refractivity contribution in [2.45, 2.75) is 32.3 Å². The number of hydrogen-bond donors (Lipinski definition) is 1. The topological polar surface area (TPSA) is 49.8 Å². The van der Waals surface area contributed by atoms with Crippen molar-refractivity contribution >= 4 is 5.91 Å². The summed E-state index contributed by atoms with van der Waals surface area (Å²) in [6.07, 6.45) is 1.52. The predicted molar refractivity (Wildman–Crippen MR) is 73.3 cm³/mol. The fourth-order valence-electron chi connectivity index (χ4n) is 2.38. The highest BCUT2D eigenvalue weighted by atomic mass is 16.5. The Kier molecular flexibility index (Phi) is 4.43. The number of likely N-dealkylation sites (tertiary alicyclic amines) is 1. The summed E-state index contributed by atoms with van der Waals surface area (Å²) in [5.74, 6) is 0.942. The molecule has 0 radical (unpaired) electrons. The molecule has 1 N–H and O–H groups in total. The molecular weight excluding hydrogens is 242 g/mol. The molecule has 0 unspecified atom stereocenters. The van der Waals surface area contributed by atoms with Gasteiger partial charge in [-0.15, -0.1) is 0 Å². The standard InChI is InChI=1S/C15H21NO3/c1-11-3-4-12(9-14(11)19-2)10-15(18)16-7-5-13(17)6-8-16/h3-4,9,13,17H,5-8,10H2,1-2H3. The second-order valence-corrected chi connectivity index (χ2v) is 5.09. The molecule has 104 valence electrons. The molecule has 0 aromatic heterocycles. The van der Waals surface area contributed by atoms with Gasteiger partial charge in [0.15, 0.2) is 0 Å². The molecule has 1 aliphatic heterocycles. The molecule has 0 atom stereocenters. The van der Waals surface area contributed by atoms with E-state index >= 15 is 0 Å². The molecule has 4 heteroatoms. The van der Waals surface area contributed by atoms with E-state index in [0.717, 1.165) is 16.9 Å². The van der Waals surface area contributed by atoms with Gasteiger partial charge < -0.3 is 14.7 Å². The van der Waals surface area contributed by atoms with E-state index in [-0.39, 0.29) is 12.0 Å². The molecule has 4 nitrogen and oxygen atoms in total. The zero-order chi connectivity index (χ0) is 13.8. The predicted octanol–water partition coefficient (Wildman–Crippen LogP) is 1.53. The molecule has 1 amide bonds. The Bertz CT molecular complexity index is 451. The summed E-state index contributed by atoms with van der Waals surface area (Å²) >= 11 is 0. The van der Waals surface area contributed by atoms with Gasteiger partial charge in [-0.2, -0.15) is 0 Å². The molecule has 1 heterocycles. The van der Waals surface area contributed by atoms with Crippen LogP contribution in [0.5, 0.6) is 5.75 Å². The Balaban J connectivity index is 1.98. The maximum atomic E-state index is 12.2. The zero-order valence-corrected chi connectivity index (χ0v) is 11.6. The minimum atomic E-state index is -0.247. The number of methoxy groups -OCH3 is 1. The third kappa shape index (κ3) is 3.47. The van der Waals surface area contributed by atoms with Crippen molar-refractivity contribution < 1.29 is 14.6 Å². The number of aliphatic hydroxyl groups is 1.